The van der Waals surface area contributed by atoms with E-state index in [9.17, 15) is 18.8 Å². The van der Waals surface area contributed by atoms with Gasteiger partial charge in [-0.3, -0.25) is 13.9 Å². The summed E-state index contributed by atoms with van der Waals surface area (Å²) in [6.45, 7) is 0. The third kappa shape index (κ3) is 4.84. The van der Waals surface area contributed by atoms with Gasteiger partial charge in [0.25, 0.3) is 5.91 Å². The van der Waals surface area contributed by atoms with Gasteiger partial charge in [0, 0.05) is 13.5 Å². The summed E-state index contributed by atoms with van der Waals surface area (Å²) in [5.74, 6) is -2.37. The maximum Gasteiger partial charge on any atom is 0.333 e. The summed E-state index contributed by atoms with van der Waals surface area (Å²) in [4.78, 5) is 37.9. The Bertz CT molecular complexity index is 1530. The molecule has 3 aromatic carbocycles. The monoisotopic (exact) mass is 549 g/mol. The number of fused-ring (bicyclic) bond motifs is 1. The Labute approximate surface area is 219 Å². The number of nitrogens with one attached hydrogen (secondary N) is 1. The van der Waals surface area contributed by atoms with Crippen LogP contribution in [-0.4, -0.2) is 34.2 Å². The molecule has 4 aromatic rings. The molecule has 1 N–H and O–H groups in total. The number of methoxy groups -OCH3 is 1. The van der Waals surface area contributed by atoms with E-state index >= 15 is 0 Å². The second-order valence-electron chi connectivity index (χ2n) is 7.95. The van der Waals surface area contributed by atoms with Crippen LogP contribution < -0.4 is 11.0 Å². The standard InChI is InChI=1S/C25H19Cl3FN3O4/c1-31-20-11-16(27)17(28)12-21(20)32(25(31)35)14-8-6-13(7-9-14)10-19(24(34)36-2)30-23(33)22-15(26)4-3-5-18(22)29/h3-9,11-12,19H,10H2,1-2H3,(H,30,33)/t19-/m0/s1. The number of esters is 1. The molecule has 0 aliphatic rings. The predicted molar refractivity (Wildman–Crippen MR) is 137 cm³/mol. The summed E-state index contributed by atoms with van der Waals surface area (Å²) in [7, 11) is 2.82. The number of hydrogen-bond acceptors (Lipinski definition) is 4. The third-order valence-corrected chi connectivity index (χ3v) is 6.75. The molecular formula is C25H19Cl3FN3O4. The van der Waals surface area contributed by atoms with Gasteiger partial charge in [-0.2, -0.15) is 0 Å². The molecule has 0 bridgehead atoms. The Morgan fingerprint density at radius 3 is 2.25 bits per heavy atom. The van der Waals surface area contributed by atoms with Crippen LogP contribution in [0.15, 0.2) is 59.4 Å². The fraction of sp³-hybridized carbons (Fsp3) is 0.160. The number of aromatic nitrogens is 2. The number of amides is 1. The third-order valence-electron chi connectivity index (χ3n) is 5.71. The van der Waals surface area contributed by atoms with Crippen LogP contribution in [0, 0.1) is 5.82 Å². The number of benzene rings is 3. The normalized spacial score (nSPS) is 11.9. The van der Waals surface area contributed by atoms with Crippen molar-refractivity contribution in [3.8, 4) is 5.69 Å². The van der Waals surface area contributed by atoms with Gasteiger partial charge in [-0.1, -0.05) is 53.0 Å². The molecule has 0 unspecified atom stereocenters. The first-order chi connectivity index (χ1) is 17.1. The van der Waals surface area contributed by atoms with Crippen LogP contribution in [-0.2, 0) is 23.0 Å². The average Bonchev–Trinajstić information content (AvgIpc) is 3.08. The highest BCUT2D eigenvalue weighted by atomic mass is 35.5. The van der Waals surface area contributed by atoms with Gasteiger partial charge in [0.05, 0.1) is 44.5 Å². The Balaban J connectivity index is 1.62. The van der Waals surface area contributed by atoms with E-state index in [2.05, 4.69) is 5.32 Å². The Morgan fingerprint density at radius 1 is 1.00 bits per heavy atom. The lowest BCUT2D eigenvalue weighted by Crippen LogP contribution is -2.43. The molecule has 4 rings (SSSR count). The molecule has 1 atom stereocenters. The van der Waals surface area contributed by atoms with Crippen molar-refractivity contribution in [3.63, 3.8) is 0 Å². The Morgan fingerprint density at radius 2 is 1.64 bits per heavy atom. The molecule has 186 valence electrons. The molecule has 36 heavy (non-hydrogen) atoms. The van der Waals surface area contributed by atoms with E-state index in [1.807, 2.05) is 0 Å². The zero-order chi connectivity index (χ0) is 26.1. The molecule has 0 saturated carbocycles. The van der Waals surface area contributed by atoms with Crippen molar-refractivity contribution < 1.29 is 18.7 Å². The molecule has 1 aromatic heterocycles. The molecular weight excluding hydrogens is 532 g/mol. The van der Waals surface area contributed by atoms with E-state index in [1.54, 1.807) is 43.4 Å². The Kier molecular flexibility index (Phi) is 7.40. The summed E-state index contributed by atoms with van der Waals surface area (Å²) < 4.78 is 21.9. The first kappa shape index (κ1) is 25.8. The summed E-state index contributed by atoms with van der Waals surface area (Å²) in [5.41, 5.74) is 1.74. The van der Waals surface area contributed by atoms with Crippen molar-refractivity contribution in [3.05, 3.63) is 97.1 Å². The largest absolute Gasteiger partial charge is 0.467 e. The second kappa shape index (κ2) is 10.3. The first-order valence-corrected chi connectivity index (χ1v) is 11.7. The number of carbonyl (C=O) groups is 2. The maximum atomic E-state index is 14.2. The first-order valence-electron chi connectivity index (χ1n) is 10.6. The number of imidazole rings is 1. The number of halogens is 4. The van der Waals surface area contributed by atoms with Crippen molar-refractivity contribution >= 4 is 57.7 Å². The molecule has 0 aliphatic carbocycles. The number of carbonyl (C=O) groups excluding carboxylic acids is 2. The van der Waals surface area contributed by atoms with Gasteiger partial charge in [0.1, 0.15) is 11.9 Å². The van der Waals surface area contributed by atoms with Crippen molar-refractivity contribution in [1.29, 1.82) is 0 Å². The molecule has 11 heteroatoms. The lowest BCUT2D eigenvalue weighted by Gasteiger charge is -2.17. The number of nitrogens with zero attached hydrogens (tertiary/aromatic N) is 2. The van der Waals surface area contributed by atoms with Crippen molar-refractivity contribution in [1.82, 2.24) is 14.5 Å². The topological polar surface area (TPSA) is 82.3 Å². The molecule has 1 amide bonds. The minimum Gasteiger partial charge on any atom is -0.467 e. The van der Waals surface area contributed by atoms with E-state index in [0.29, 0.717) is 32.3 Å². The fourth-order valence-electron chi connectivity index (χ4n) is 3.88. The highest BCUT2D eigenvalue weighted by Crippen LogP contribution is 2.28. The zero-order valence-corrected chi connectivity index (χ0v) is 21.3. The quantitative estimate of drug-likeness (QED) is 0.345. The fourth-order valence-corrected chi connectivity index (χ4v) is 4.44. The molecule has 0 saturated heterocycles. The van der Waals surface area contributed by atoms with Crippen molar-refractivity contribution in [2.24, 2.45) is 7.05 Å². The molecule has 0 radical (unpaired) electrons. The van der Waals surface area contributed by atoms with Gasteiger partial charge in [0.15, 0.2) is 0 Å². The summed E-state index contributed by atoms with van der Waals surface area (Å²) in [6.07, 6.45) is 0.0522. The average molecular weight is 551 g/mol. The predicted octanol–water partition coefficient (Wildman–Crippen LogP) is 4.94. The van der Waals surface area contributed by atoms with Gasteiger partial charge < -0.3 is 10.1 Å². The van der Waals surface area contributed by atoms with E-state index in [0.717, 1.165) is 6.07 Å². The molecule has 0 fully saturated rings. The second-order valence-corrected chi connectivity index (χ2v) is 9.17. The van der Waals surface area contributed by atoms with Crippen LogP contribution in [0.4, 0.5) is 4.39 Å². The summed E-state index contributed by atoms with van der Waals surface area (Å²) in [6, 6.07) is 12.8. The highest BCUT2D eigenvalue weighted by Gasteiger charge is 2.25. The van der Waals surface area contributed by atoms with Crippen LogP contribution >= 0.6 is 34.8 Å². The minimum atomic E-state index is -1.11. The molecule has 0 spiro atoms. The molecule has 0 aliphatic heterocycles. The van der Waals surface area contributed by atoms with E-state index in [1.165, 1.54) is 28.4 Å². The summed E-state index contributed by atoms with van der Waals surface area (Å²) >= 11 is 18.3. The van der Waals surface area contributed by atoms with Crippen LogP contribution in [0.25, 0.3) is 16.7 Å². The smallest absolute Gasteiger partial charge is 0.333 e. The van der Waals surface area contributed by atoms with Crippen LogP contribution in [0.2, 0.25) is 15.1 Å². The lowest BCUT2D eigenvalue weighted by atomic mass is 10.0. The van der Waals surface area contributed by atoms with Crippen molar-refractivity contribution in [2.75, 3.05) is 7.11 Å². The molecule has 7 nitrogen and oxygen atoms in total. The summed E-state index contributed by atoms with van der Waals surface area (Å²) in [5, 5.41) is 3.05. The van der Waals surface area contributed by atoms with Gasteiger partial charge in [-0.15, -0.1) is 0 Å². The number of rotatable bonds is 6. The van der Waals surface area contributed by atoms with Gasteiger partial charge >= 0.3 is 11.7 Å². The number of hydrogen-bond donors (Lipinski definition) is 1. The number of ether oxygens (including phenoxy) is 1. The SMILES string of the molecule is COC(=O)[C@H](Cc1ccc(-n2c(=O)n(C)c3cc(Cl)c(Cl)cc32)cc1)NC(=O)c1c(F)cccc1Cl. The van der Waals surface area contributed by atoms with Gasteiger partial charge in [0.2, 0.25) is 0 Å². The van der Waals surface area contributed by atoms with Gasteiger partial charge in [-0.05, 0) is 42.0 Å². The van der Waals surface area contributed by atoms with E-state index < -0.39 is 23.7 Å². The maximum absolute atomic E-state index is 14.2. The van der Waals surface area contributed by atoms with Crippen LogP contribution in [0.1, 0.15) is 15.9 Å². The highest BCUT2D eigenvalue weighted by molar-refractivity contribution is 6.42. The van der Waals surface area contributed by atoms with E-state index in [4.69, 9.17) is 39.5 Å². The van der Waals surface area contributed by atoms with Crippen molar-refractivity contribution in [2.45, 2.75) is 12.5 Å². The number of aryl methyl sites for hydroxylation is 1. The minimum absolute atomic E-state index is 0.0522. The molecule has 1 heterocycles. The zero-order valence-electron chi connectivity index (χ0n) is 19.0. The Hall–Kier alpha value is -3.33. The van der Waals surface area contributed by atoms with Gasteiger partial charge in [-0.25, -0.2) is 14.0 Å². The van der Waals surface area contributed by atoms with Crippen LogP contribution in [0.5, 0.6) is 0 Å². The van der Waals surface area contributed by atoms with Crippen LogP contribution in [0.3, 0.4) is 0 Å². The lowest BCUT2D eigenvalue weighted by molar-refractivity contribution is -0.142. The van der Waals surface area contributed by atoms with E-state index in [-0.39, 0.29) is 22.7 Å².